The van der Waals surface area contributed by atoms with Gasteiger partial charge in [0.2, 0.25) is 5.91 Å². The van der Waals surface area contributed by atoms with E-state index in [4.69, 9.17) is 5.73 Å². The molecule has 1 aromatic heterocycles. The smallest absolute Gasteiger partial charge is 0.222 e. The largest absolute Gasteiger partial charge is 0.369 e. The van der Waals surface area contributed by atoms with Gasteiger partial charge in [0.25, 0.3) is 0 Å². The Morgan fingerprint density at radius 2 is 2.43 bits per heavy atom. The number of hydrogen-bond acceptors (Lipinski definition) is 4. The molecule has 0 aromatic carbocycles. The number of nitrogens with one attached hydrogen (secondary N) is 1. The molecule has 5 nitrogen and oxygen atoms in total. The summed E-state index contributed by atoms with van der Waals surface area (Å²) in [5, 5.41) is 3.49. The van der Waals surface area contributed by atoms with Crippen LogP contribution in [0.2, 0.25) is 0 Å². The first kappa shape index (κ1) is 15.8. The minimum absolute atomic E-state index is 0.0557. The highest BCUT2D eigenvalue weighted by Gasteiger charge is 2.24. The first-order valence-corrected chi connectivity index (χ1v) is 7.85. The molecule has 0 saturated carbocycles. The van der Waals surface area contributed by atoms with Gasteiger partial charge in [-0.2, -0.15) is 0 Å². The van der Waals surface area contributed by atoms with Gasteiger partial charge in [-0.05, 0) is 50.4 Å². The second kappa shape index (κ2) is 7.41. The van der Waals surface area contributed by atoms with E-state index in [0.717, 1.165) is 38.2 Å². The molecule has 0 bridgehead atoms. The van der Waals surface area contributed by atoms with E-state index in [0.29, 0.717) is 12.6 Å². The van der Waals surface area contributed by atoms with Crippen LogP contribution in [0.1, 0.15) is 44.7 Å². The lowest BCUT2D eigenvalue weighted by Crippen LogP contribution is -2.41. The lowest BCUT2D eigenvalue weighted by atomic mass is 9.97. The number of hydrogen-bond donors (Lipinski definition) is 2. The summed E-state index contributed by atoms with van der Waals surface area (Å²) in [4.78, 5) is 18.0. The fourth-order valence-corrected chi connectivity index (χ4v) is 2.77. The van der Waals surface area contributed by atoms with Gasteiger partial charge in [0.15, 0.2) is 0 Å². The topological polar surface area (TPSA) is 71.2 Å². The minimum atomic E-state index is -0.200. The van der Waals surface area contributed by atoms with E-state index in [2.05, 4.69) is 35.1 Å². The molecule has 0 spiro atoms. The summed E-state index contributed by atoms with van der Waals surface area (Å²) >= 11 is 0. The molecule has 3 N–H and O–H groups in total. The standard InChI is InChI=1S/C16H26N4O/c1-3-7-18-12(2)13-6-8-19-15(10-13)20-9-4-5-14(11-20)16(17)21/h6,8,10,12,14,18H,3-5,7,9,11H2,1-2H3,(H2,17,21). The Kier molecular flexibility index (Phi) is 5.56. The number of pyridine rings is 1. The second-order valence-electron chi connectivity index (χ2n) is 5.81. The van der Waals surface area contributed by atoms with Gasteiger partial charge in [-0.1, -0.05) is 6.92 Å². The fraction of sp³-hybridized carbons (Fsp3) is 0.625. The van der Waals surface area contributed by atoms with Crippen molar-refractivity contribution in [1.82, 2.24) is 10.3 Å². The molecule has 5 heteroatoms. The van der Waals surface area contributed by atoms with Gasteiger partial charge in [-0.15, -0.1) is 0 Å². The van der Waals surface area contributed by atoms with E-state index >= 15 is 0 Å². The zero-order valence-electron chi connectivity index (χ0n) is 13.0. The predicted octanol–water partition coefficient (Wildman–Crippen LogP) is 1.84. The number of aromatic nitrogens is 1. The summed E-state index contributed by atoms with van der Waals surface area (Å²) in [6.07, 6.45) is 4.85. The van der Waals surface area contributed by atoms with Crippen LogP contribution in [0.4, 0.5) is 5.82 Å². The van der Waals surface area contributed by atoms with E-state index in [1.165, 1.54) is 5.56 Å². The Morgan fingerprint density at radius 3 is 3.14 bits per heavy atom. The number of primary amides is 1. The third kappa shape index (κ3) is 4.17. The van der Waals surface area contributed by atoms with Crippen LogP contribution >= 0.6 is 0 Å². The van der Waals surface area contributed by atoms with Crippen molar-refractivity contribution in [2.75, 3.05) is 24.5 Å². The third-order valence-corrected chi connectivity index (χ3v) is 4.12. The first-order chi connectivity index (χ1) is 10.1. The highest BCUT2D eigenvalue weighted by atomic mass is 16.1. The highest BCUT2D eigenvalue weighted by Crippen LogP contribution is 2.23. The number of nitrogens with zero attached hydrogens (tertiary/aromatic N) is 2. The van der Waals surface area contributed by atoms with Crippen LogP contribution < -0.4 is 16.0 Å². The quantitative estimate of drug-likeness (QED) is 0.838. The van der Waals surface area contributed by atoms with Crippen molar-refractivity contribution in [3.63, 3.8) is 0 Å². The SMILES string of the molecule is CCCNC(C)c1ccnc(N2CCCC(C(N)=O)C2)c1. The summed E-state index contributed by atoms with van der Waals surface area (Å²) in [5.74, 6) is 0.692. The zero-order chi connectivity index (χ0) is 15.2. The van der Waals surface area contributed by atoms with Gasteiger partial charge in [0.05, 0.1) is 5.92 Å². The Balaban J connectivity index is 2.07. The number of carbonyl (C=O) groups excluding carboxylic acids is 1. The van der Waals surface area contributed by atoms with Crippen molar-refractivity contribution >= 4 is 11.7 Å². The minimum Gasteiger partial charge on any atom is -0.369 e. The maximum atomic E-state index is 11.4. The van der Waals surface area contributed by atoms with E-state index in [-0.39, 0.29) is 11.8 Å². The molecule has 1 aromatic rings. The predicted molar refractivity (Wildman–Crippen MR) is 85.1 cm³/mol. The summed E-state index contributed by atoms with van der Waals surface area (Å²) in [5.41, 5.74) is 6.68. The summed E-state index contributed by atoms with van der Waals surface area (Å²) in [6.45, 7) is 6.96. The van der Waals surface area contributed by atoms with Crippen LogP contribution in [0, 0.1) is 5.92 Å². The maximum absolute atomic E-state index is 11.4. The Hall–Kier alpha value is -1.62. The average Bonchev–Trinajstić information content (AvgIpc) is 2.52. The van der Waals surface area contributed by atoms with E-state index in [1.807, 2.05) is 12.3 Å². The number of amides is 1. The molecule has 0 radical (unpaired) electrons. The number of carbonyl (C=O) groups is 1. The molecule has 1 aliphatic rings. The second-order valence-corrected chi connectivity index (χ2v) is 5.81. The van der Waals surface area contributed by atoms with Crippen molar-refractivity contribution in [3.05, 3.63) is 23.9 Å². The fourth-order valence-electron chi connectivity index (χ4n) is 2.77. The van der Waals surface area contributed by atoms with Crippen LogP contribution in [0.15, 0.2) is 18.3 Å². The number of anilines is 1. The Labute approximate surface area is 126 Å². The van der Waals surface area contributed by atoms with Gasteiger partial charge in [0, 0.05) is 25.3 Å². The van der Waals surface area contributed by atoms with E-state index in [9.17, 15) is 4.79 Å². The first-order valence-electron chi connectivity index (χ1n) is 7.85. The monoisotopic (exact) mass is 290 g/mol. The molecule has 21 heavy (non-hydrogen) atoms. The molecule has 1 saturated heterocycles. The molecular weight excluding hydrogens is 264 g/mol. The summed E-state index contributed by atoms with van der Waals surface area (Å²) < 4.78 is 0. The van der Waals surface area contributed by atoms with Crippen molar-refractivity contribution in [1.29, 1.82) is 0 Å². The number of piperidine rings is 1. The van der Waals surface area contributed by atoms with Gasteiger partial charge in [0.1, 0.15) is 5.82 Å². The Morgan fingerprint density at radius 1 is 1.62 bits per heavy atom. The lowest BCUT2D eigenvalue weighted by Gasteiger charge is -2.32. The zero-order valence-corrected chi connectivity index (χ0v) is 13.0. The molecular formula is C16H26N4O. The van der Waals surface area contributed by atoms with Crippen LogP contribution in [0.3, 0.4) is 0 Å². The number of rotatable bonds is 6. The number of nitrogens with two attached hydrogens (primary N) is 1. The van der Waals surface area contributed by atoms with Crippen LogP contribution in [0.5, 0.6) is 0 Å². The molecule has 2 atom stereocenters. The molecule has 2 heterocycles. The van der Waals surface area contributed by atoms with Crippen LogP contribution in [-0.2, 0) is 4.79 Å². The molecule has 2 unspecified atom stereocenters. The van der Waals surface area contributed by atoms with E-state index < -0.39 is 0 Å². The summed E-state index contributed by atoms with van der Waals surface area (Å²) in [6, 6.07) is 4.48. The molecule has 1 amide bonds. The Bertz CT molecular complexity index is 477. The molecule has 116 valence electrons. The van der Waals surface area contributed by atoms with Crippen molar-refractivity contribution in [2.45, 2.75) is 39.2 Å². The van der Waals surface area contributed by atoms with Crippen molar-refractivity contribution < 1.29 is 4.79 Å². The van der Waals surface area contributed by atoms with Crippen LogP contribution in [0.25, 0.3) is 0 Å². The normalized spacial score (nSPS) is 20.3. The molecule has 0 aliphatic carbocycles. The van der Waals surface area contributed by atoms with Gasteiger partial charge in [-0.3, -0.25) is 4.79 Å². The van der Waals surface area contributed by atoms with E-state index in [1.54, 1.807) is 0 Å². The van der Waals surface area contributed by atoms with Gasteiger partial charge in [-0.25, -0.2) is 4.98 Å². The molecule has 1 aliphatic heterocycles. The van der Waals surface area contributed by atoms with Crippen molar-refractivity contribution in [3.8, 4) is 0 Å². The van der Waals surface area contributed by atoms with Gasteiger partial charge < -0.3 is 16.0 Å². The highest BCUT2D eigenvalue weighted by molar-refractivity contribution is 5.77. The molecule has 2 rings (SSSR count). The third-order valence-electron chi connectivity index (χ3n) is 4.12. The van der Waals surface area contributed by atoms with Crippen LogP contribution in [-0.4, -0.2) is 30.5 Å². The van der Waals surface area contributed by atoms with Crippen molar-refractivity contribution in [2.24, 2.45) is 11.7 Å². The lowest BCUT2D eigenvalue weighted by molar-refractivity contribution is -0.122. The summed E-state index contributed by atoms with van der Waals surface area (Å²) in [7, 11) is 0. The average molecular weight is 290 g/mol. The van der Waals surface area contributed by atoms with Gasteiger partial charge >= 0.3 is 0 Å². The maximum Gasteiger partial charge on any atom is 0.222 e. The molecule has 1 fully saturated rings.